The summed E-state index contributed by atoms with van der Waals surface area (Å²) in [5.41, 5.74) is -0.0653. The van der Waals surface area contributed by atoms with Gasteiger partial charge in [0.05, 0.1) is 11.7 Å². The molecule has 13 heavy (non-hydrogen) atoms. The smallest absolute Gasteiger partial charge is 0.0662 e. The van der Waals surface area contributed by atoms with Crippen molar-refractivity contribution in [3.63, 3.8) is 0 Å². The van der Waals surface area contributed by atoms with Crippen LogP contribution in [-0.2, 0) is 4.74 Å². The van der Waals surface area contributed by atoms with E-state index < -0.39 is 0 Å². The highest BCUT2D eigenvalue weighted by Gasteiger charge is 2.15. The molecule has 0 aromatic heterocycles. The topological polar surface area (TPSA) is 41.5 Å². The van der Waals surface area contributed by atoms with E-state index in [0.29, 0.717) is 6.54 Å². The summed E-state index contributed by atoms with van der Waals surface area (Å²) in [7, 11) is 1.72. The van der Waals surface area contributed by atoms with Crippen LogP contribution in [0.3, 0.4) is 0 Å². The predicted molar refractivity (Wildman–Crippen MR) is 54.9 cm³/mol. The predicted octanol–water partition coefficient (Wildman–Crippen LogP) is 1.16. The van der Waals surface area contributed by atoms with E-state index in [9.17, 15) is 5.11 Å². The summed E-state index contributed by atoms with van der Waals surface area (Å²) in [5.74, 6) is 0. The van der Waals surface area contributed by atoms with Crippen LogP contribution >= 0.6 is 0 Å². The van der Waals surface area contributed by atoms with Gasteiger partial charge in [-0.25, -0.2) is 0 Å². The largest absolute Gasteiger partial charge is 0.392 e. The number of rotatable bonds is 7. The molecule has 0 saturated heterocycles. The van der Waals surface area contributed by atoms with Gasteiger partial charge in [-0.1, -0.05) is 6.92 Å². The second kappa shape index (κ2) is 6.35. The molecule has 0 amide bonds. The molecule has 2 N–H and O–H groups in total. The molecule has 0 aromatic rings. The Morgan fingerprint density at radius 3 is 2.54 bits per heavy atom. The molecule has 0 aromatic carbocycles. The minimum absolute atomic E-state index is 0.0653. The van der Waals surface area contributed by atoms with Crippen molar-refractivity contribution in [3.8, 4) is 0 Å². The number of aliphatic hydroxyl groups is 1. The molecule has 0 aliphatic carbocycles. The van der Waals surface area contributed by atoms with Crippen molar-refractivity contribution in [2.75, 3.05) is 20.2 Å². The molecular formula is C10H23NO2. The fourth-order valence-electron chi connectivity index (χ4n) is 0.904. The maximum Gasteiger partial charge on any atom is 0.0662 e. The van der Waals surface area contributed by atoms with Gasteiger partial charge in [-0.2, -0.15) is 0 Å². The van der Waals surface area contributed by atoms with Gasteiger partial charge < -0.3 is 15.2 Å². The lowest BCUT2D eigenvalue weighted by Crippen LogP contribution is -2.32. The number of hydrogen-bond donors (Lipinski definition) is 2. The van der Waals surface area contributed by atoms with E-state index in [-0.39, 0.29) is 11.7 Å². The van der Waals surface area contributed by atoms with Crippen LogP contribution in [0.25, 0.3) is 0 Å². The van der Waals surface area contributed by atoms with Crippen LogP contribution in [0.4, 0.5) is 0 Å². The van der Waals surface area contributed by atoms with Gasteiger partial charge in [-0.05, 0) is 33.2 Å². The van der Waals surface area contributed by atoms with Crippen LogP contribution in [0.2, 0.25) is 0 Å². The van der Waals surface area contributed by atoms with E-state index in [1.807, 2.05) is 6.92 Å². The highest BCUT2D eigenvalue weighted by molar-refractivity contribution is 4.69. The highest BCUT2D eigenvalue weighted by Crippen LogP contribution is 2.11. The lowest BCUT2D eigenvalue weighted by molar-refractivity contribution is 0.0152. The maximum absolute atomic E-state index is 9.25. The summed E-state index contributed by atoms with van der Waals surface area (Å²) >= 11 is 0. The Hall–Kier alpha value is -0.120. The molecule has 3 heteroatoms. The minimum atomic E-state index is -0.217. The zero-order chi connectivity index (χ0) is 10.3. The van der Waals surface area contributed by atoms with E-state index in [4.69, 9.17) is 4.74 Å². The monoisotopic (exact) mass is 189 g/mol. The number of methoxy groups -OCH3 is 1. The fraction of sp³-hybridized carbons (Fsp3) is 1.00. The van der Waals surface area contributed by atoms with Crippen LogP contribution in [0, 0.1) is 0 Å². The highest BCUT2D eigenvalue weighted by atomic mass is 16.5. The van der Waals surface area contributed by atoms with Crippen LogP contribution in [0.5, 0.6) is 0 Å². The normalized spacial score (nSPS) is 14.5. The van der Waals surface area contributed by atoms with E-state index in [0.717, 1.165) is 19.4 Å². The summed E-state index contributed by atoms with van der Waals surface area (Å²) in [6.45, 7) is 7.66. The van der Waals surface area contributed by atoms with Gasteiger partial charge in [0.15, 0.2) is 0 Å². The van der Waals surface area contributed by atoms with Crippen molar-refractivity contribution >= 4 is 0 Å². The van der Waals surface area contributed by atoms with E-state index in [1.165, 1.54) is 0 Å². The molecule has 0 radical (unpaired) electrons. The minimum Gasteiger partial charge on any atom is -0.392 e. The molecular weight excluding hydrogens is 166 g/mol. The molecule has 3 nitrogen and oxygen atoms in total. The Balaban J connectivity index is 3.35. The summed E-state index contributed by atoms with van der Waals surface area (Å²) < 4.78 is 5.27. The van der Waals surface area contributed by atoms with Crippen molar-refractivity contribution in [2.45, 2.75) is 45.3 Å². The van der Waals surface area contributed by atoms with Gasteiger partial charge in [0.2, 0.25) is 0 Å². The van der Waals surface area contributed by atoms with E-state index in [2.05, 4.69) is 19.2 Å². The van der Waals surface area contributed by atoms with Crippen LogP contribution in [-0.4, -0.2) is 37.0 Å². The molecule has 0 saturated carbocycles. The van der Waals surface area contributed by atoms with Gasteiger partial charge in [0, 0.05) is 13.7 Å². The Morgan fingerprint density at radius 1 is 1.46 bits per heavy atom. The van der Waals surface area contributed by atoms with Gasteiger partial charge in [-0.3, -0.25) is 0 Å². The van der Waals surface area contributed by atoms with Crippen molar-refractivity contribution in [1.29, 1.82) is 0 Å². The van der Waals surface area contributed by atoms with Crippen molar-refractivity contribution in [2.24, 2.45) is 0 Å². The van der Waals surface area contributed by atoms with Gasteiger partial charge in [0.1, 0.15) is 0 Å². The number of nitrogens with one attached hydrogen (secondary N) is 1. The van der Waals surface area contributed by atoms with Crippen molar-refractivity contribution < 1.29 is 9.84 Å². The average molecular weight is 189 g/mol. The molecule has 1 atom stereocenters. The van der Waals surface area contributed by atoms with Crippen molar-refractivity contribution in [3.05, 3.63) is 0 Å². The quantitative estimate of drug-likeness (QED) is 0.591. The third kappa shape index (κ3) is 6.99. The second-order valence-corrected chi connectivity index (χ2v) is 3.98. The summed E-state index contributed by atoms with van der Waals surface area (Å²) in [5, 5.41) is 12.4. The summed E-state index contributed by atoms with van der Waals surface area (Å²) in [6, 6.07) is 0. The molecule has 80 valence electrons. The Kier molecular flexibility index (Phi) is 6.29. The number of hydrogen-bond acceptors (Lipinski definition) is 3. The first kappa shape index (κ1) is 12.9. The Labute approximate surface area is 81.5 Å². The first-order valence-electron chi connectivity index (χ1n) is 4.95. The molecule has 0 aliphatic rings. The number of ether oxygens (including phenoxy) is 1. The standard InChI is InChI=1S/C10H23NO2/c1-5-9(12)8-11-7-6-10(2,3)13-4/h9,11-12H,5-8H2,1-4H3. The van der Waals surface area contributed by atoms with Gasteiger partial charge >= 0.3 is 0 Å². The molecule has 1 unspecified atom stereocenters. The van der Waals surface area contributed by atoms with E-state index in [1.54, 1.807) is 7.11 Å². The first-order valence-corrected chi connectivity index (χ1v) is 4.95. The molecule has 0 fully saturated rings. The Bertz CT molecular complexity index is 126. The molecule has 0 rings (SSSR count). The number of aliphatic hydroxyl groups excluding tert-OH is 1. The van der Waals surface area contributed by atoms with Crippen molar-refractivity contribution in [1.82, 2.24) is 5.32 Å². The lowest BCUT2D eigenvalue weighted by Gasteiger charge is -2.23. The summed E-state index contributed by atoms with van der Waals surface area (Å²) in [6.07, 6.45) is 1.55. The van der Waals surface area contributed by atoms with Gasteiger partial charge in [0.25, 0.3) is 0 Å². The molecule has 0 bridgehead atoms. The van der Waals surface area contributed by atoms with Crippen LogP contribution in [0.1, 0.15) is 33.6 Å². The van der Waals surface area contributed by atoms with Crippen LogP contribution < -0.4 is 5.32 Å². The second-order valence-electron chi connectivity index (χ2n) is 3.98. The lowest BCUT2D eigenvalue weighted by atomic mass is 10.1. The molecule has 0 heterocycles. The molecule has 0 aliphatic heterocycles. The average Bonchev–Trinajstić information content (AvgIpc) is 2.12. The Morgan fingerprint density at radius 2 is 2.08 bits per heavy atom. The zero-order valence-corrected chi connectivity index (χ0v) is 9.26. The van der Waals surface area contributed by atoms with E-state index >= 15 is 0 Å². The molecule has 0 spiro atoms. The first-order chi connectivity index (χ1) is 6.02. The summed E-state index contributed by atoms with van der Waals surface area (Å²) in [4.78, 5) is 0. The zero-order valence-electron chi connectivity index (χ0n) is 9.26. The van der Waals surface area contributed by atoms with Gasteiger partial charge in [-0.15, -0.1) is 0 Å². The maximum atomic E-state index is 9.25. The third-order valence-corrected chi connectivity index (χ3v) is 2.31. The fourth-order valence-corrected chi connectivity index (χ4v) is 0.904. The SMILES string of the molecule is CCC(O)CNCCC(C)(C)OC. The van der Waals surface area contributed by atoms with Crippen LogP contribution in [0.15, 0.2) is 0 Å². The third-order valence-electron chi connectivity index (χ3n) is 2.31.